The molecule has 0 bridgehead atoms. The summed E-state index contributed by atoms with van der Waals surface area (Å²) in [4.78, 5) is 29.0. The Morgan fingerprint density at radius 3 is 2.37 bits per heavy atom. The molecule has 1 aliphatic rings. The summed E-state index contributed by atoms with van der Waals surface area (Å²) in [5.41, 5.74) is 0.859. The van der Waals surface area contributed by atoms with Gasteiger partial charge >= 0.3 is 13.8 Å². The minimum absolute atomic E-state index is 0.0896. The van der Waals surface area contributed by atoms with E-state index in [-0.39, 0.29) is 4.90 Å². The molecule has 1 saturated heterocycles. The summed E-state index contributed by atoms with van der Waals surface area (Å²) >= 11 is 1.74. The summed E-state index contributed by atoms with van der Waals surface area (Å²) in [5.74, 6) is -0.739. The number of aryl methyl sites for hydroxylation is 1. The van der Waals surface area contributed by atoms with Crippen LogP contribution in [0.4, 0.5) is 0 Å². The van der Waals surface area contributed by atoms with Gasteiger partial charge in [0.1, 0.15) is 10.2 Å². The molecule has 1 fully saturated rings. The number of phosphoric ester groups is 1. The van der Waals surface area contributed by atoms with Crippen molar-refractivity contribution in [2.75, 3.05) is 6.61 Å². The van der Waals surface area contributed by atoms with Crippen LogP contribution in [-0.4, -0.2) is 53.2 Å². The maximum atomic E-state index is 12.5. The van der Waals surface area contributed by atoms with E-state index in [0.29, 0.717) is 0 Å². The van der Waals surface area contributed by atoms with E-state index in [4.69, 9.17) is 23.4 Å². The summed E-state index contributed by atoms with van der Waals surface area (Å²) in [6, 6.07) is 5.95. The summed E-state index contributed by atoms with van der Waals surface area (Å²) in [5, 5.41) is 0. The lowest BCUT2D eigenvalue weighted by Crippen LogP contribution is -2.40. The number of halogens is 1. The van der Waals surface area contributed by atoms with Crippen LogP contribution >= 0.6 is 30.4 Å². The van der Waals surface area contributed by atoms with Crippen LogP contribution in [0.1, 0.15) is 12.5 Å². The highest BCUT2D eigenvalue weighted by molar-refractivity contribution is 14.1. The molecule has 4 atom stereocenters. The molecule has 0 amide bonds. The second-order valence-electron chi connectivity index (χ2n) is 5.71. The Labute approximate surface area is 169 Å². The van der Waals surface area contributed by atoms with Crippen molar-refractivity contribution in [3.8, 4) is 0 Å². The molecule has 1 heterocycles. The normalized spacial score (nSPS) is 26.1. The zero-order valence-corrected chi connectivity index (χ0v) is 18.1. The zero-order chi connectivity index (χ0) is 20.4. The predicted molar refractivity (Wildman–Crippen MR) is 99.5 cm³/mol. The first kappa shape index (κ1) is 22.7. The molecule has 4 unspecified atom stereocenters. The standard InChI is InChI=1S/C14H18IO10PS/c1-8-3-5-10(6-4-8)27(20,21)25-13-12(23-9(2)16)11(24-14(13)15)7-22-26(17,18)19/h3-6,11-14H,7H2,1-2H3,(H2,17,18,19). The molecule has 152 valence electrons. The molecule has 0 aromatic heterocycles. The predicted octanol–water partition coefficient (Wildman–Crippen LogP) is 1.27. The Kier molecular flexibility index (Phi) is 7.41. The van der Waals surface area contributed by atoms with E-state index in [9.17, 15) is 17.8 Å². The van der Waals surface area contributed by atoms with Crippen molar-refractivity contribution in [2.24, 2.45) is 0 Å². The van der Waals surface area contributed by atoms with Gasteiger partial charge in [-0.25, -0.2) is 4.57 Å². The molecular weight excluding hydrogens is 518 g/mol. The first-order chi connectivity index (χ1) is 12.4. The molecule has 1 aromatic carbocycles. The summed E-state index contributed by atoms with van der Waals surface area (Å²) < 4.78 is 55.2. The molecule has 1 aliphatic heterocycles. The monoisotopic (exact) mass is 536 g/mol. The quantitative estimate of drug-likeness (QED) is 0.172. The Hall–Kier alpha value is -0.600. The van der Waals surface area contributed by atoms with Crippen LogP contribution in [0.3, 0.4) is 0 Å². The molecule has 0 saturated carbocycles. The van der Waals surface area contributed by atoms with Gasteiger partial charge in [-0.1, -0.05) is 17.7 Å². The van der Waals surface area contributed by atoms with E-state index >= 15 is 0 Å². The van der Waals surface area contributed by atoms with E-state index < -0.39 is 52.9 Å². The van der Waals surface area contributed by atoms with Gasteiger partial charge in [0, 0.05) is 6.92 Å². The molecule has 13 heteroatoms. The van der Waals surface area contributed by atoms with E-state index in [2.05, 4.69) is 4.52 Å². The third-order valence-electron chi connectivity index (χ3n) is 3.51. The van der Waals surface area contributed by atoms with Crippen molar-refractivity contribution in [2.45, 2.75) is 41.2 Å². The fourth-order valence-corrected chi connectivity index (χ4v) is 4.88. The van der Waals surface area contributed by atoms with Gasteiger partial charge in [-0.3, -0.25) is 13.5 Å². The van der Waals surface area contributed by atoms with Crippen LogP contribution in [0, 0.1) is 6.92 Å². The highest BCUT2D eigenvalue weighted by atomic mass is 127. The minimum Gasteiger partial charge on any atom is -0.457 e. The molecule has 2 N–H and O–H groups in total. The molecule has 27 heavy (non-hydrogen) atoms. The second kappa shape index (κ2) is 8.82. The van der Waals surface area contributed by atoms with Crippen LogP contribution in [0.2, 0.25) is 0 Å². The summed E-state index contributed by atoms with van der Waals surface area (Å²) in [6.07, 6.45) is -3.59. The smallest absolute Gasteiger partial charge is 0.457 e. The zero-order valence-electron chi connectivity index (χ0n) is 14.2. The van der Waals surface area contributed by atoms with Gasteiger partial charge in [0.15, 0.2) is 12.2 Å². The van der Waals surface area contributed by atoms with Gasteiger partial charge in [0.25, 0.3) is 10.1 Å². The van der Waals surface area contributed by atoms with Crippen LogP contribution in [-0.2, 0) is 37.7 Å². The molecule has 0 aliphatic carbocycles. The number of esters is 1. The van der Waals surface area contributed by atoms with Crippen molar-refractivity contribution < 1.29 is 45.7 Å². The molecular formula is C14H18IO10PS. The van der Waals surface area contributed by atoms with Gasteiger partial charge in [-0.2, -0.15) is 8.42 Å². The van der Waals surface area contributed by atoms with Crippen molar-refractivity contribution in [3.05, 3.63) is 29.8 Å². The lowest BCUT2D eigenvalue weighted by atomic mass is 10.1. The van der Waals surface area contributed by atoms with Crippen molar-refractivity contribution in [1.29, 1.82) is 0 Å². The Morgan fingerprint density at radius 1 is 1.26 bits per heavy atom. The molecule has 0 radical (unpaired) electrons. The van der Waals surface area contributed by atoms with E-state index in [1.165, 1.54) is 12.1 Å². The summed E-state index contributed by atoms with van der Waals surface area (Å²) in [7, 11) is -8.99. The van der Waals surface area contributed by atoms with Gasteiger partial charge in [0.05, 0.1) is 11.5 Å². The average Bonchev–Trinajstić information content (AvgIpc) is 2.80. The van der Waals surface area contributed by atoms with E-state index in [1.807, 2.05) is 0 Å². The van der Waals surface area contributed by atoms with E-state index in [1.54, 1.807) is 41.6 Å². The number of hydrogen-bond donors (Lipinski definition) is 2. The highest BCUT2D eigenvalue weighted by Gasteiger charge is 2.49. The van der Waals surface area contributed by atoms with Crippen LogP contribution in [0.15, 0.2) is 29.2 Å². The number of benzene rings is 1. The van der Waals surface area contributed by atoms with Crippen molar-refractivity contribution in [1.82, 2.24) is 0 Å². The first-order valence-electron chi connectivity index (χ1n) is 7.56. The fraction of sp³-hybridized carbons (Fsp3) is 0.500. The highest BCUT2D eigenvalue weighted by Crippen LogP contribution is 2.39. The van der Waals surface area contributed by atoms with Gasteiger partial charge in [0.2, 0.25) is 0 Å². The largest absolute Gasteiger partial charge is 0.469 e. The number of hydrogen-bond acceptors (Lipinski definition) is 8. The topological polar surface area (TPSA) is 146 Å². The average molecular weight is 536 g/mol. The number of carbonyl (C=O) groups excluding carboxylic acids is 1. The molecule has 0 spiro atoms. The van der Waals surface area contributed by atoms with Gasteiger partial charge < -0.3 is 19.3 Å². The second-order valence-corrected chi connectivity index (χ2v) is 9.75. The Morgan fingerprint density at radius 2 is 1.85 bits per heavy atom. The maximum Gasteiger partial charge on any atom is 0.469 e. The number of phosphoric acid groups is 1. The molecule has 1 aromatic rings. The first-order valence-corrected chi connectivity index (χ1v) is 11.7. The van der Waals surface area contributed by atoms with Crippen LogP contribution in [0.25, 0.3) is 0 Å². The molecule has 10 nitrogen and oxygen atoms in total. The fourth-order valence-electron chi connectivity index (χ4n) is 2.33. The number of carbonyl (C=O) groups is 1. The van der Waals surface area contributed by atoms with Crippen molar-refractivity contribution >= 4 is 46.5 Å². The number of ether oxygens (including phenoxy) is 2. The molecule has 2 rings (SSSR count). The number of alkyl halides is 1. The van der Waals surface area contributed by atoms with Crippen molar-refractivity contribution in [3.63, 3.8) is 0 Å². The van der Waals surface area contributed by atoms with Gasteiger partial charge in [-0.05, 0) is 41.6 Å². The summed E-state index contributed by atoms with van der Waals surface area (Å²) in [6.45, 7) is 2.28. The Bertz CT molecular complexity index is 821. The third kappa shape index (κ3) is 6.46. The van der Waals surface area contributed by atoms with Crippen LogP contribution in [0.5, 0.6) is 0 Å². The van der Waals surface area contributed by atoms with E-state index in [0.717, 1.165) is 12.5 Å². The minimum atomic E-state index is -4.79. The lowest BCUT2D eigenvalue weighted by Gasteiger charge is -2.22. The Balaban J connectivity index is 2.22. The van der Waals surface area contributed by atoms with Crippen LogP contribution < -0.4 is 0 Å². The SMILES string of the molecule is CC(=O)OC1C(COP(=O)(O)O)OC(I)C1OS(=O)(=O)c1ccc(C)cc1. The maximum absolute atomic E-state index is 12.5. The third-order valence-corrected chi connectivity index (χ3v) is 6.32. The number of rotatable bonds is 7. The lowest BCUT2D eigenvalue weighted by molar-refractivity contribution is -0.152. The van der Waals surface area contributed by atoms with Gasteiger partial charge in [-0.15, -0.1) is 0 Å².